The number of benzene rings is 1. The highest BCUT2D eigenvalue weighted by atomic mass is 16.3. The molecule has 0 radical (unpaired) electrons. The first-order valence-corrected chi connectivity index (χ1v) is 11.7. The summed E-state index contributed by atoms with van der Waals surface area (Å²) in [6.45, 7) is 5.30. The van der Waals surface area contributed by atoms with Crippen molar-refractivity contribution in [3.05, 3.63) is 83.7 Å². The number of guanidine groups is 1. The highest BCUT2D eigenvalue weighted by Crippen LogP contribution is 2.24. The van der Waals surface area contributed by atoms with E-state index >= 15 is 0 Å². The van der Waals surface area contributed by atoms with E-state index in [-0.39, 0.29) is 6.04 Å². The van der Waals surface area contributed by atoms with E-state index in [4.69, 9.17) is 8.83 Å². The van der Waals surface area contributed by atoms with Crippen LogP contribution in [-0.4, -0.2) is 49.5 Å². The quantitative estimate of drug-likeness (QED) is 0.360. The number of nitrogens with zero attached hydrogens (tertiary/aromatic N) is 3. The first-order chi connectivity index (χ1) is 16.2. The second-order valence-electron chi connectivity index (χ2n) is 8.60. The average Bonchev–Trinajstić information content (AvgIpc) is 3.61. The molecule has 1 aliphatic rings. The molecule has 1 unspecified atom stereocenters. The van der Waals surface area contributed by atoms with E-state index < -0.39 is 0 Å². The lowest BCUT2D eigenvalue weighted by Crippen LogP contribution is -2.42. The zero-order valence-corrected chi connectivity index (χ0v) is 19.7. The van der Waals surface area contributed by atoms with Crippen LogP contribution in [-0.2, 0) is 19.6 Å². The molecule has 4 rings (SSSR count). The summed E-state index contributed by atoms with van der Waals surface area (Å²) in [5, 5.41) is 7.00. The van der Waals surface area contributed by atoms with Crippen LogP contribution in [0.15, 0.2) is 74.9 Å². The normalized spacial score (nSPS) is 15.8. The van der Waals surface area contributed by atoms with Crippen molar-refractivity contribution < 1.29 is 8.83 Å². The lowest BCUT2D eigenvalue weighted by molar-refractivity contribution is 0.215. The van der Waals surface area contributed by atoms with Crippen molar-refractivity contribution >= 4 is 5.96 Å². The van der Waals surface area contributed by atoms with Crippen LogP contribution < -0.4 is 10.6 Å². The predicted molar refractivity (Wildman–Crippen MR) is 131 cm³/mol. The molecule has 1 fully saturated rings. The highest BCUT2D eigenvalue weighted by Gasteiger charge is 2.25. The summed E-state index contributed by atoms with van der Waals surface area (Å²) in [6, 6.07) is 16.7. The number of rotatable bonds is 10. The van der Waals surface area contributed by atoms with Crippen LogP contribution in [0.4, 0.5) is 0 Å². The van der Waals surface area contributed by atoms with E-state index in [2.05, 4.69) is 62.8 Å². The SMILES string of the molecule is CN=C(NCc1ccccc1CN(C)Cc1ccco1)NCC(c1ccco1)N1CCCC1. The van der Waals surface area contributed by atoms with E-state index in [0.717, 1.165) is 50.2 Å². The van der Waals surface area contributed by atoms with Crippen LogP contribution in [0.3, 0.4) is 0 Å². The van der Waals surface area contributed by atoms with Crippen molar-refractivity contribution in [2.24, 2.45) is 4.99 Å². The van der Waals surface area contributed by atoms with Gasteiger partial charge in [-0.25, -0.2) is 0 Å². The van der Waals surface area contributed by atoms with Gasteiger partial charge in [-0.05, 0) is 68.4 Å². The van der Waals surface area contributed by atoms with Crippen LogP contribution in [0.5, 0.6) is 0 Å². The number of hydrogen-bond acceptors (Lipinski definition) is 5. The fourth-order valence-electron chi connectivity index (χ4n) is 4.44. The zero-order valence-electron chi connectivity index (χ0n) is 19.7. The molecular formula is C26H35N5O2. The van der Waals surface area contributed by atoms with Gasteiger partial charge in [-0.15, -0.1) is 0 Å². The van der Waals surface area contributed by atoms with Gasteiger partial charge in [-0.1, -0.05) is 24.3 Å². The fraction of sp³-hybridized carbons (Fsp3) is 0.423. The summed E-state index contributed by atoms with van der Waals surface area (Å²) in [6.07, 6.45) is 5.97. The molecule has 1 aliphatic heterocycles. The Kier molecular flexibility index (Phi) is 8.22. The van der Waals surface area contributed by atoms with Gasteiger partial charge < -0.3 is 19.5 Å². The Morgan fingerprint density at radius 3 is 2.42 bits per heavy atom. The minimum absolute atomic E-state index is 0.212. The molecular weight excluding hydrogens is 414 g/mol. The molecule has 1 aromatic carbocycles. The maximum absolute atomic E-state index is 5.74. The molecule has 3 aromatic rings. The van der Waals surface area contributed by atoms with Gasteiger partial charge >= 0.3 is 0 Å². The Balaban J connectivity index is 1.33. The van der Waals surface area contributed by atoms with Gasteiger partial charge in [0, 0.05) is 26.7 Å². The van der Waals surface area contributed by atoms with Gasteiger partial charge in [0.1, 0.15) is 11.5 Å². The third-order valence-electron chi connectivity index (χ3n) is 6.15. The highest BCUT2D eigenvalue weighted by molar-refractivity contribution is 5.79. The standard InChI is InChI=1S/C26H35N5O2/c1-27-26(29-18-24(25-12-8-16-33-25)31-13-5-6-14-31)28-17-21-9-3-4-10-22(21)19-30(2)20-23-11-7-15-32-23/h3-4,7-12,15-16,24H,5-6,13-14,17-20H2,1-2H3,(H2,27,28,29). The third kappa shape index (κ3) is 6.49. The van der Waals surface area contributed by atoms with Crippen molar-refractivity contribution in [3.63, 3.8) is 0 Å². The van der Waals surface area contributed by atoms with E-state index in [9.17, 15) is 0 Å². The summed E-state index contributed by atoms with van der Waals surface area (Å²) in [5.74, 6) is 2.77. The van der Waals surface area contributed by atoms with Crippen molar-refractivity contribution in [3.8, 4) is 0 Å². The second kappa shape index (κ2) is 11.7. The molecule has 0 bridgehead atoms. The lowest BCUT2D eigenvalue weighted by atomic mass is 10.1. The second-order valence-corrected chi connectivity index (χ2v) is 8.60. The number of likely N-dealkylation sites (tertiary alicyclic amines) is 1. The summed E-state index contributed by atoms with van der Waals surface area (Å²) < 4.78 is 11.2. The van der Waals surface area contributed by atoms with Crippen LogP contribution in [0.25, 0.3) is 0 Å². The molecule has 0 spiro atoms. The smallest absolute Gasteiger partial charge is 0.191 e. The van der Waals surface area contributed by atoms with Gasteiger partial charge in [-0.3, -0.25) is 14.8 Å². The number of furan rings is 2. The Bertz CT molecular complexity index is 978. The first-order valence-electron chi connectivity index (χ1n) is 11.7. The van der Waals surface area contributed by atoms with Crippen LogP contribution in [0.2, 0.25) is 0 Å². The molecule has 0 amide bonds. The number of nitrogens with one attached hydrogen (secondary N) is 2. The maximum atomic E-state index is 5.74. The summed E-state index contributed by atoms with van der Waals surface area (Å²) in [4.78, 5) is 9.19. The topological polar surface area (TPSA) is 69.2 Å². The van der Waals surface area contributed by atoms with E-state index in [1.807, 2.05) is 25.2 Å². The predicted octanol–water partition coefficient (Wildman–Crippen LogP) is 4.01. The zero-order chi connectivity index (χ0) is 22.9. The fourth-order valence-corrected chi connectivity index (χ4v) is 4.44. The first kappa shape index (κ1) is 23.1. The summed E-state index contributed by atoms with van der Waals surface area (Å²) in [5.41, 5.74) is 2.55. The largest absolute Gasteiger partial charge is 0.468 e. The molecule has 0 aliphatic carbocycles. The lowest BCUT2D eigenvalue weighted by Gasteiger charge is -2.27. The Morgan fingerprint density at radius 1 is 0.970 bits per heavy atom. The van der Waals surface area contributed by atoms with E-state index in [0.29, 0.717) is 6.54 Å². The Morgan fingerprint density at radius 2 is 1.73 bits per heavy atom. The Labute approximate surface area is 196 Å². The average molecular weight is 450 g/mol. The van der Waals surface area contributed by atoms with Crippen LogP contribution in [0, 0.1) is 0 Å². The van der Waals surface area contributed by atoms with Crippen molar-refractivity contribution in [2.45, 2.75) is 38.5 Å². The Hall–Kier alpha value is -3.03. The molecule has 1 atom stereocenters. The third-order valence-corrected chi connectivity index (χ3v) is 6.15. The van der Waals surface area contributed by atoms with Crippen molar-refractivity contribution in [1.29, 1.82) is 0 Å². The minimum Gasteiger partial charge on any atom is -0.468 e. The van der Waals surface area contributed by atoms with Crippen molar-refractivity contribution in [2.75, 3.05) is 33.7 Å². The minimum atomic E-state index is 0.212. The molecule has 7 heteroatoms. The van der Waals surface area contributed by atoms with E-state index in [1.165, 1.54) is 24.0 Å². The summed E-state index contributed by atoms with van der Waals surface area (Å²) in [7, 11) is 3.93. The summed E-state index contributed by atoms with van der Waals surface area (Å²) >= 11 is 0. The van der Waals surface area contributed by atoms with Gasteiger partial charge in [-0.2, -0.15) is 0 Å². The van der Waals surface area contributed by atoms with Gasteiger partial charge in [0.05, 0.1) is 25.1 Å². The molecule has 2 aromatic heterocycles. The van der Waals surface area contributed by atoms with Gasteiger partial charge in [0.2, 0.25) is 0 Å². The number of hydrogen-bond donors (Lipinski definition) is 2. The van der Waals surface area contributed by atoms with Gasteiger partial charge in [0.25, 0.3) is 0 Å². The molecule has 33 heavy (non-hydrogen) atoms. The molecule has 3 heterocycles. The molecule has 7 nitrogen and oxygen atoms in total. The number of aliphatic imine (C=N–C) groups is 1. The van der Waals surface area contributed by atoms with Crippen molar-refractivity contribution in [1.82, 2.24) is 20.4 Å². The van der Waals surface area contributed by atoms with Gasteiger partial charge in [0.15, 0.2) is 5.96 Å². The molecule has 2 N–H and O–H groups in total. The maximum Gasteiger partial charge on any atom is 0.191 e. The molecule has 0 saturated carbocycles. The van der Waals surface area contributed by atoms with E-state index in [1.54, 1.807) is 12.5 Å². The van der Waals surface area contributed by atoms with Crippen LogP contribution >= 0.6 is 0 Å². The molecule has 1 saturated heterocycles. The van der Waals surface area contributed by atoms with Crippen LogP contribution in [0.1, 0.15) is 41.5 Å². The monoisotopic (exact) mass is 449 g/mol. The molecule has 176 valence electrons.